The number of hydrogen-bond acceptors (Lipinski definition) is 7. The average Bonchev–Trinajstić information content (AvgIpc) is 3.27. The lowest BCUT2D eigenvalue weighted by Gasteiger charge is -2.49. The van der Waals surface area contributed by atoms with Crippen molar-refractivity contribution in [2.75, 3.05) is 12.3 Å². The summed E-state index contributed by atoms with van der Waals surface area (Å²) in [7, 11) is 0. The average molecular weight is 591 g/mol. The molecule has 2 aromatic rings. The summed E-state index contributed by atoms with van der Waals surface area (Å²) in [5.74, 6) is -4.37. The van der Waals surface area contributed by atoms with Crippen LogP contribution < -0.4 is 15.4 Å². The maximum absolute atomic E-state index is 13.0. The zero-order valence-electron chi connectivity index (χ0n) is 21.4. The molecule has 3 N–H and O–H groups in total. The van der Waals surface area contributed by atoms with E-state index in [4.69, 9.17) is 15.6 Å². The molecular weight excluding hydrogens is 565 g/mol. The van der Waals surface area contributed by atoms with Gasteiger partial charge < -0.3 is 25.6 Å². The van der Waals surface area contributed by atoms with E-state index in [0.29, 0.717) is 36.4 Å². The van der Waals surface area contributed by atoms with E-state index >= 15 is 0 Å². The molecule has 4 heterocycles. The summed E-state index contributed by atoms with van der Waals surface area (Å²) in [6.45, 7) is 1.81. The number of nitrogens with zero attached hydrogens (tertiary/aromatic N) is 3. The summed E-state index contributed by atoms with van der Waals surface area (Å²) in [5, 5.41) is 18.5. The first-order valence-electron chi connectivity index (χ1n) is 12.3. The summed E-state index contributed by atoms with van der Waals surface area (Å²) in [6, 6.07) is 13.5. The molecule has 5 rings (SSSR count). The molecule has 0 bridgehead atoms. The van der Waals surface area contributed by atoms with Crippen molar-refractivity contribution in [3.8, 4) is 0 Å². The molecule has 216 valence electrons. The van der Waals surface area contributed by atoms with Crippen LogP contribution in [0.4, 0.5) is 13.2 Å². The number of benzene rings is 1. The number of pyridine rings is 1. The van der Waals surface area contributed by atoms with Gasteiger partial charge in [-0.05, 0) is 23.6 Å². The highest BCUT2D eigenvalue weighted by atomic mass is 32.2. The van der Waals surface area contributed by atoms with E-state index in [2.05, 4.69) is 16.7 Å². The van der Waals surface area contributed by atoms with Gasteiger partial charge in [0.15, 0.2) is 18.9 Å². The second-order valence-corrected chi connectivity index (χ2v) is 10.5. The Balaban J connectivity index is 0.000000493. The van der Waals surface area contributed by atoms with Crippen LogP contribution in [0.15, 0.2) is 77.8 Å². The van der Waals surface area contributed by atoms with Gasteiger partial charge >= 0.3 is 12.1 Å². The van der Waals surface area contributed by atoms with Gasteiger partial charge in [0.1, 0.15) is 11.4 Å². The number of halogens is 3. The van der Waals surface area contributed by atoms with Gasteiger partial charge in [-0.1, -0.05) is 30.3 Å². The van der Waals surface area contributed by atoms with Crippen molar-refractivity contribution in [1.29, 1.82) is 0 Å². The second-order valence-electron chi connectivity index (χ2n) is 9.41. The Hall–Kier alpha value is -4.17. The van der Waals surface area contributed by atoms with Crippen molar-refractivity contribution in [1.82, 2.24) is 9.80 Å². The number of aromatic nitrogens is 1. The third-order valence-electron chi connectivity index (χ3n) is 6.58. The van der Waals surface area contributed by atoms with Crippen molar-refractivity contribution in [2.45, 2.75) is 37.1 Å². The number of nitrogens with two attached hydrogens (primary N) is 1. The van der Waals surface area contributed by atoms with Gasteiger partial charge in [-0.25, -0.2) is 9.36 Å². The normalized spacial score (nSPS) is 21.3. The fourth-order valence-electron chi connectivity index (χ4n) is 4.52. The fraction of sp³-hybridized carbons (Fsp3) is 0.296. The van der Waals surface area contributed by atoms with Crippen LogP contribution in [0.3, 0.4) is 0 Å². The fourth-order valence-corrected chi connectivity index (χ4v) is 5.77. The van der Waals surface area contributed by atoms with Gasteiger partial charge in [0.25, 0.3) is 0 Å². The number of allylic oxidation sites excluding steroid dienone is 1. The van der Waals surface area contributed by atoms with E-state index in [1.54, 1.807) is 11.0 Å². The SMILES string of the molecule is N[C@@H]1C(=O)N2C(C(=O)[O-])=C(/C=C3\CCN(Cc4cc[n+](Cc5ccccc5)cc4)C3=O)CS[C@H]12.O=C(O)C(F)(F)F. The number of rotatable bonds is 6. The lowest BCUT2D eigenvalue weighted by Crippen LogP contribution is -2.69. The number of carbonyl (C=O) groups is 4. The Morgan fingerprint density at radius 2 is 1.76 bits per heavy atom. The van der Waals surface area contributed by atoms with Gasteiger partial charge in [-0.2, -0.15) is 13.2 Å². The summed E-state index contributed by atoms with van der Waals surface area (Å²) in [5.41, 5.74) is 8.81. The van der Waals surface area contributed by atoms with Crippen LogP contribution in [-0.4, -0.2) is 68.5 Å². The number of alkyl halides is 3. The molecule has 0 saturated carbocycles. The Kier molecular flexibility index (Phi) is 8.83. The molecule has 2 saturated heterocycles. The molecule has 0 spiro atoms. The van der Waals surface area contributed by atoms with Crippen LogP contribution in [0, 0.1) is 0 Å². The first-order chi connectivity index (χ1) is 19.4. The minimum Gasteiger partial charge on any atom is -0.543 e. The maximum Gasteiger partial charge on any atom is 0.490 e. The smallest absolute Gasteiger partial charge is 0.490 e. The molecule has 3 aliphatic heterocycles. The lowest BCUT2D eigenvalue weighted by atomic mass is 10.0. The van der Waals surface area contributed by atoms with Gasteiger partial charge in [0.2, 0.25) is 11.8 Å². The summed E-state index contributed by atoms with van der Waals surface area (Å²) in [6.07, 6.45) is 1.06. The van der Waals surface area contributed by atoms with Crippen molar-refractivity contribution >= 4 is 35.5 Å². The van der Waals surface area contributed by atoms with Crippen molar-refractivity contribution in [2.24, 2.45) is 5.73 Å². The van der Waals surface area contributed by atoms with Crippen LogP contribution in [-0.2, 0) is 32.3 Å². The number of likely N-dealkylation sites (tertiary alicyclic amines) is 1. The number of thioether (sulfide) groups is 1. The highest BCUT2D eigenvalue weighted by Gasteiger charge is 2.50. The third kappa shape index (κ3) is 6.77. The highest BCUT2D eigenvalue weighted by Crippen LogP contribution is 2.40. The van der Waals surface area contributed by atoms with Gasteiger partial charge in [0, 0.05) is 42.1 Å². The molecule has 41 heavy (non-hydrogen) atoms. The van der Waals surface area contributed by atoms with E-state index in [-0.39, 0.29) is 17.0 Å². The molecule has 2 amide bonds. The molecule has 1 aromatic carbocycles. The van der Waals surface area contributed by atoms with E-state index in [0.717, 1.165) is 12.1 Å². The summed E-state index contributed by atoms with van der Waals surface area (Å²) < 4.78 is 33.8. The summed E-state index contributed by atoms with van der Waals surface area (Å²) >= 11 is 1.40. The minimum absolute atomic E-state index is 0.120. The zero-order chi connectivity index (χ0) is 29.9. The van der Waals surface area contributed by atoms with Crippen molar-refractivity contribution in [3.05, 3.63) is 88.9 Å². The van der Waals surface area contributed by atoms with E-state index < -0.39 is 30.1 Å². The topological polar surface area (TPSA) is 148 Å². The Labute approximate surface area is 236 Å². The van der Waals surface area contributed by atoms with Gasteiger partial charge in [-0.15, -0.1) is 11.8 Å². The van der Waals surface area contributed by atoms with Crippen LogP contribution in [0.25, 0.3) is 0 Å². The van der Waals surface area contributed by atoms with Crippen LogP contribution in [0.2, 0.25) is 0 Å². The number of carbonyl (C=O) groups excluding carboxylic acids is 3. The number of carboxylic acid groups (broad SMARTS) is 2. The number of carboxylic acids is 2. The quantitative estimate of drug-likeness (QED) is 0.282. The zero-order valence-corrected chi connectivity index (χ0v) is 22.2. The lowest BCUT2D eigenvalue weighted by molar-refractivity contribution is -0.688. The molecule has 0 unspecified atom stereocenters. The Bertz CT molecular complexity index is 1410. The Morgan fingerprint density at radius 3 is 2.34 bits per heavy atom. The molecule has 2 atom stereocenters. The van der Waals surface area contributed by atoms with Crippen LogP contribution >= 0.6 is 11.8 Å². The van der Waals surface area contributed by atoms with Gasteiger partial charge in [-0.3, -0.25) is 14.5 Å². The molecule has 10 nitrogen and oxygen atoms in total. The van der Waals surface area contributed by atoms with Crippen molar-refractivity contribution in [3.63, 3.8) is 0 Å². The first-order valence-corrected chi connectivity index (χ1v) is 13.4. The third-order valence-corrected chi connectivity index (χ3v) is 7.90. The van der Waals surface area contributed by atoms with E-state index in [9.17, 15) is 32.7 Å². The molecule has 14 heteroatoms. The van der Waals surface area contributed by atoms with E-state index in [1.165, 1.54) is 22.2 Å². The molecular formula is C27H25F3N4O6S. The summed E-state index contributed by atoms with van der Waals surface area (Å²) in [4.78, 5) is 48.7. The monoisotopic (exact) mass is 590 g/mol. The molecule has 3 aliphatic rings. The number of aliphatic carboxylic acids is 2. The van der Waals surface area contributed by atoms with Crippen LogP contribution in [0.1, 0.15) is 17.5 Å². The number of β-lactam (4-membered cyclic amide) rings is 1. The molecule has 1 aromatic heterocycles. The van der Waals surface area contributed by atoms with Gasteiger partial charge in [0.05, 0.1) is 11.7 Å². The highest BCUT2D eigenvalue weighted by molar-refractivity contribution is 8.00. The van der Waals surface area contributed by atoms with E-state index in [1.807, 2.05) is 42.7 Å². The predicted molar refractivity (Wildman–Crippen MR) is 137 cm³/mol. The molecule has 2 fully saturated rings. The standard InChI is InChI=1S/C25H24N4O4S.C2HF3O2/c26-20-23(31)29-21(25(32)33)19(15-34-24(20)29)12-18-8-11-28(22(18)30)14-17-6-9-27(10-7-17)13-16-4-2-1-3-5-16;3-2(4,5)1(6)7/h1-7,9-10,12,20,24H,8,11,13-15,26H2;(H,6,7)/b18-12+;/t20-,24-;/m1./s1. The molecule has 0 radical (unpaired) electrons. The number of hydrogen-bond donors (Lipinski definition) is 2. The minimum atomic E-state index is -5.08. The largest absolute Gasteiger partial charge is 0.543 e. The first kappa shape index (κ1) is 29.8. The maximum atomic E-state index is 13.0. The Morgan fingerprint density at radius 1 is 1.12 bits per heavy atom. The predicted octanol–water partition coefficient (Wildman–Crippen LogP) is 0.561. The van der Waals surface area contributed by atoms with Crippen LogP contribution in [0.5, 0.6) is 0 Å². The number of fused-ring (bicyclic) bond motifs is 1. The molecule has 0 aliphatic carbocycles. The van der Waals surface area contributed by atoms with Crippen molar-refractivity contribution < 1.29 is 47.1 Å². The second kappa shape index (κ2) is 12.1. The number of amides is 2.